The molecule has 0 saturated carbocycles. The number of nitrogens with two attached hydrogens (primary N) is 1. The molecule has 0 aromatic heterocycles. The van der Waals surface area contributed by atoms with E-state index in [-0.39, 0.29) is 11.9 Å². The van der Waals surface area contributed by atoms with Crippen LogP contribution in [0.1, 0.15) is 24.9 Å². The predicted octanol–water partition coefficient (Wildman–Crippen LogP) is 2.21. The molecule has 0 aliphatic rings. The second-order valence-electron chi connectivity index (χ2n) is 4.38. The third kappa shape index (κ3) is 4.51. The largest absolute Gasteiger partial charge is 0.383 e. The van der Waals surface area contributed by atoms with E-state index in [1.165, 1.54) is 12.1 Å². The highest BCUT2D eigenvalue weighted by atomic mass is 19.1. The van der Waals surface area contributed by atoms with Gasteiger partial charge in [-0.05, 0) is 30.7 Å². The minimum Gasteiger partial charge on any atom is -0.383 e. The minimum absolute atomic E-state index is 0.266. The Morgan fingerprint density at radius 3 is 2.79 bits per heavy atom. The Labute approximate surface area is 113 Å². The Kier molecular flexibility index (Phi) is 6.26. The maximum absolute atomic E-state index is 13.3. The van der Waals surface area contributed by atoms with Gasteiger partial charge < -0.3 is 15.4 Å². The van der Waals surface area contributed by atoms with Crippen molar-refractivity contribution in [3.05, 3.63) is 29.6 Å². The Morgan fingerprint density at radius 1 is 1.47 bits per heavy atom. The minimum atomic E-state index is -0.303. The Balaban J connectivity index is 3.02. The van der Waals surface area contributed by atoms with Gasteiger partial charge in [0.15, 0.2) is 0 Å². The lowest BCUT2D eigenvalue weighted by atomic mass is 10.1. The number of halogens is 1. The molecule has 0 bridgehead atoms. The average Bonchev–Trinajstić information content (AvgIpc) is 2.39. The lowest BCUT2D eigenvalue weighted by Gasteiger charge is -2.27. The first-order chi connectivity index (χ1) is 9.10. The maximum Gasteiger partial charge on any atom is 0.123 e. The number of nitriles is 1. The van der Waals surface area contributed by atoms with Gasteiger partial charge in [0, 0.05) is 31.9 Å². The number of hydrogen-bond donors (Lipinski definition) is 1. The Bertz CT molecular complexity index is 443. The molecule has 1 aromatic carbocycles. The van der Waals surface area contributed by atoms with E-state index in [2.05, 4.69) is 6.07 Å². The van der Waals surface area contributed by atoms with E-state index in [1.54, 1.807) is 13.2 Å². The fourth-order valence-corrected chi connectivity index (χ4v) is 1.92. The van der Waals surface area contributed by atoms with Crippen LogP contribution >= 0.6 is 0 Å². The monoisotopic (exact) mass is 265 g/mol. The molecule has 0 amide bonds. The molecule has 0 radical (unpaired) electrons. The maximum atomic E-state index is 13.3. The third-order valence-corrected chi connectivity index (χ3v) is 2.88. The van der Waals surface area contributed by atoms with Gasteiger partial charge >= 0.3 is 0 Å². The van der Waals surface area contributed by atoms with Crippen molar-refractivity contribution in [3.63, 3.8) is 0 Å². The summed E-state index contributed by atoms with van der Waals surface area (Å²) in [5.74, 6) is -0.303. The lowest BCUT2D eigenvalue weighted by Crippen LogP contribution is -2.30. The van der Waals surface area contributed by atoms with Gasteiger partial charge in [0.2, 0.25) is 0 Å². The molecule has 0 saturated heterocycles. The van der Waals surface area contributed by atoms with Gasteiger partial charge in [0.05, 0.1) is 19.1 Å². The van der Waals surface area contributed by atoms with Crippen molar-refractivity contribution in [1.29, 1.82) is 5.26 Å². The number of ether oxygens (including phenoxy) is 1. The summed E-state index contributed by atoms with van der Waals surface area (Å²) in [6, 6.07) is 6.42. The fourth-order valence-electron chi connectivity index (χ4n) is 1.92. The van der Waals surface area contributed by atoms with Gasteiger partial charge in [0.1, 0.15) is 5.82 Å². The topological polar surface area (TPSA) is 62.3 Å². The molecule has 4 nitrogen and oxygen atoms in total. The number of rotatable bonds is 7. The first kappa shape index (κ1) is 15.4. The number of nitrogens with zero attached hydrogens (tertiary/aromatic N) is 2. The molecule has 0 spiro atoms. The smallest absolute Gasteiger partial charge is 0.123 e. The zero-order chi connectivity index (χ0) is 14.3. The van der Waals surface area contributed by atoms with Gasteiger partial charge in [-0.1, -0.05) is 0 Å². The van der Waals surface area contributed by atoms with Crippen LogP contribution in [0.15, 0.2) is 18.2 Å². The van der Waals surface area contributed by atoms with Crippen LogP contribution < -0.4 is 10.6 Å². The van der Waals surface area contributed by atoms with Crippen molar-refractivity contribution >= 4 is 5.69 Å². The van der Waals surface area contributed by atoms with E-state index >= 15 is 0 Å². The van der Waals surface area contributed by atoms with Crippen LogP contribution in [0.5, 0.6) is 0 Å². The third-order valence-electron chi connectivity index (χ3n) is 2.88. The molecule has 0 aliphatic heterocycles. The molecular formula is C14H20FN3O. The highest BCUT2D eigenvalue weighted by Crippen LogP contribution is 2.26. The molecule has 2 N–H and O–H groups in total. The summed E-state index contributed by atoms with van der Waals surface area (Å²) < 4.78 is 18.4. The van der Waals surface area contributed by atoms with Crippen molar-refractivity contribution in [2.75, 3.05) is 31.7 Å². The first-order valence-corrected chi connectivity index (χ1v) is 6.26. The number of anilines is 1. The summed E-state index contributed by atoms with van der Waals surface area (Å²) in [5, 5.41) is 8.72. The highest BCUT2D eigenvalue weighted by molar-refractivity contribution is 5.55. The summed E-state index contributed by atoms with van der Waals surface area (Å²) in [4.78, 5) is 2.00. The Hall–Kier alpha value is -1.64. The number of benzene rings is 1. The molecule has 0 fully saturated rings. The van der Waals surface area contributed by atoms with Crippen molar-refractivity contribution in [3.8, 4) is 6.07 Å². The van der Waals surface area contributed by atoms with E-state index in [1.807, 2.05) is 11.8 Å². The quantitative estimate of drug-likeness (QED) is 0.821. The number of methoxy groups -OCH3 is 1. The van der Waals surface area contributed by atoms with Crippen LogP contribution in [0.3, 0.4) is 0 Å². The molecule has 0 aliphatic carbocycles. The molecule has 0 unspecified atom stereocenters. The molecule has 5 heteroatoms. The molecule has 1 atom stereocenters. The average molecular weight is 265 g/mol. The summed E-state index contributed by atoms with van der Waals surface area (Å²) >= 11 is 0. The molecule has 19 heavy (non-hydrogen) atoms. The fraction of sp³-hybridized carbons (Fsp3) is 0.500. The van der Waals surface area contributed by atoms with Gasteiger partial charge in [-0.15, -0.1) is 0 Å². The molecule has 1 rings (SSSR count). The lowest BCUT2D eigenvalue weighted by molar-refractivity contribution is 0.205. The predicted molar refractivity (Wildman–Crippen MR) is 73.3 cm³/mol. The number of hydrogen-bond acceptors (Lipinski definition) is 4. The Morgan fingerprint density at radius 2 is 2.21 bits per heavy atom. The summed E-state index contributed by atoms with van der Waals surface area (Å²) in [5.41, 5.74) is 7.50. The van der Waals surface area contributed by atoms with Crippen molar-refractivity contribution in [2.24, 2.45) is 5.73 Å². The summed E-state index contributed by atoms with van der Waals surface area (Å²) in [6.45, 7) is 3.58. The first-order valence-electron chi connectivity index (χ1n) is 6.26. The highest BCUT2D eigenvalue weighted by Gasteiger charge is 2.14. The molecule has 0 heterocycles. The summed E-state index contributed by atoms with van der Waals surface area (Å²) in [6.07, 6.45) is 0.402. The van der Waals surface area contributed by atoms with Crippen molar-refractivity contribution < 1.29 is 9.13 Å². The van der Waals surface area contributed by atoms with E-state index in [0.717, 1.165) is 11.3 Å². The van der Waals surface area contributed by atoms with Gasteiger partial charge in [0.25, 0.3) is 0 Å². The zero-order valence-corrected chi connectivity index (χ0v) is 11.4. The van der Waals surface area contributed by atoms with Crippen LogP contribution in [-0.4, -0.2) is 26.8 Å². The van der Waals surface area contributed by atoms with Gasteiger partial charge in [-0.3, -0.25) is 0 Å². The van der Waals surface area contributed by atoms with Gasteiger partial charge in [-0.25, -0.2) is 4.39 Å². The van der Waals surface area contributed by atoms with Crippen molar-refractivity contribution in [2.45, 2.75) is 19.4 Å². The molecular weight excluding hydrogens is 245 g/mol. The standard InChI is InChI=1S/C14H20FN3O/c1-11(17)13-10-12(15)4-5-14(13)18(7-3-6-16)8-9-19-2/h4-5,10-11H,3,7-9,17H2,1-2H3/t11-/m1/s1. The van der Waals surface area contributed by atoms with Crippen molar-refractivity contribution in [1.82, 2.24) is 0 Å². The van der Waals surface area contributed by atoms with E-state index in [9.17, 15) is 4.39 Å². The van der Waals surface area contributed by atoms with E-state index < -0.39 is 0 Å². The zero-order valence-electron chi connectivity index (χ0n) is 11.4. The second-order valence-corrected chi connectivity index (χ2v) is 4.38. The van der Waals surface area contributed by atoms with E-state index in [4.69, 9.17) is 15.7 Å². The SMILES string of the molecule is COCCN(CCC#N)c1ccc(F)cc1[C@@H](C)N. The summed E-state index contributed by atoms with van der Waals surface area (Å²) in [7, 11) is 1.62. The van der Waals surface area contributed by atoms with Crippen LogP contribution in [0.25, 0.3) is 0 Å². The molecule has 1 aromatic rings. The van der Waals surface area contributed by atoms with Crippen LogP contribution in [0.4, 0.5) is 10.1 Å². The van der Waals surface area contributed by atoms with Crippen LogP contribution in [0.2, 0.25) is 0 Å². The normalized spacial score (nSPS) is 11.9. The van der Waals surface area contributed by atoms with Crippen LogP contribution in [-0.2, 0) is 4.74 Å². The second kappa shape index (κ2) is 7.72. The van der Waals surface area contributed by atoms with E-state index in [0.29, 0.717) is 26.1 Å². The van der Waals surface area contributed by atoms with Gasteiger partial charge in [-0.2, -0.15) is 5.26 Å². The molecule has 104 valence electrons. The van der Waals surface area contributed by atoms with Crippen LogP contribution in [0, 0.1) is 17.1 Å².